The monoisotopic (exact) mass is 261 g/mol. The van der Waals surface area contributed by atoms with Crippen LogP contribution in [0.5, 0.6) is 5.75 Å². The van der Waals surface area contributed by atoms with Crippen molar-refractivity contribution in [3.05, 3.63) is 28.8 Å². The lowest BCUT2D eigenvalue weighted by molar-refractivity contribution is 0.410. The number of ether oxygens (including phenoxy) is 1. The Balaban J connectivity index is 2.20. The van der Waals surface area contributed by atoms with E-state index in [0.717, 1.165) is 18.2 Å². The molecule has 2 nitrogen and oxygen atoms in total. The minimum atomic E-state index is 0.511. The van der Waals surface area contributed by atoms with Gasteiger partial charge in [0.2, 0.25) is 0 Å². The maximum Gasteiger partial charge on any atom is 0.122 e. The molecular formula is C17H27NO. The highest BCUT2D eigenvalue weighted by Gasteiger charge is 2.27. The van der Waals surface area contributed by atoms with Gasteiger partial charge in [0.25, 0.3) is 0 Å². The Hall–Kier alpha value is -1.02. The first-order valence-corrected chi connectivity index (χ1v) is 7.54. The zero-order valence-corrected chi connectivity index (χ0v) is 12.8. The lowest BCUT2D eigenvalue weighted by Gasteiger charge is -2.22. The fraction of sp³-hybridized carbons (Fsp3) is 0.647. The third-order valence-electron chi connectivity index (χ3n) is 4.07. The minimum Gasteiger partial charge on any atom is -0.496 e. The van der Waals surface area contributed by atoms with Gasteiger partial charge in [0.1, 0.15) is 5.75 Å². The first-order valence-electron chi connectivity index (χ1n) is 7.54. The zero-order valence-electron chi connectivity index (χ0n) is 12.8. The van der Waals surface area contributed by atoms with E-state index in [1.54, 1.807) is 7.11 Å². The summed E-state index contributed by atoms with van der Waals surface area (Å²) < 4.78 is 5.41. The van der Waals surface area contributed by atoms with Crippen molar-refractivity contribution >= 4 is 0 Å². The van der Waals surface area contributed by atoms with E-state index in [1.807, 2.05) is 0 Å². The highest BCUT2D eigenvalue weighted by Crippen LogP contribution is 2.39. The number of benzene rings is 1. The van der Waals surface area contributed by atoms with Gasteiger partial charge in [-0.2, -0.15) is 0 Å². The minimum absolute atomic E-state index is 0.511. The maximum absolute atomic E-state index is 5.41. The van der Waals surface area contributed by atoms with Crippen LogP contribution in [0.25, 0.3) is 0 Å². The van der Waals surface area contributed by atoms with Gasteiger partial charge in [-0.15, -0.1) is 0 Å². The molecule has 1 atom stereocenters. The van der Waals surface area contributed by atoms with Crippen molar-refractivity contribution in [3.8, 4) is 5.75 Å². The fourth-order valence-electron chi connectivity index (χ4n) is 2.73. The second-order valence-corrected chi connectivity index (χ2v) is 5.86. The molecule has 0 radical (unpaired) electrons. The van der Waals surface area contributed by atoms with Crippen molar-refractivity contribution in [2.45, 2.75) is 52.5 Å². The summed E-state index contributed by atoms with van der Waals surface area (Å²) in [5.74, 6) is 1.94. The van der Waals surface area contributed by atoms with Crippen LogP contribution in [0.1, 0.15) is 55.3 Å². The maximum atomic E-state index is 5.41. The number of aryl methyl sites for hydroxylation is 2. The Bertz CT molecular complexity index is 424. The quantitative estimate of drug-likeness (QED) is 0.796. The molecule has 2 heteroatoms. The Morgan fingerprint density at radius 2 is 2.00 bits per heavy atom. The third kappa shape index (κ3) is 3.73. The molecule has 0 aliphatic heterocycles. The van der Waals surface area contributed by atoms with Gasteiger partial charge in [0.05, 0.1) is 7.11 Å². The van der Waals surface area contributed by atoms with Crippen LogP contribution in [-0.4, -0.2) is 13.7 Å². The molecule has 1 aromatic carbocycles. The van der Waals surface area contributed by atoms with E-state index in [-0.39, 0.29) is 0 Å². The number of hydrogen-bond donors (Lipinski definition) is 1. The molecule has 1 unspecified atom stereocenters. The van der Waals surface area contributed by atoms with Crippen LogP contribution < -0.4 is 10.1 Å². The van der Waals surface area contributed by atoms with Crippen LogP contribution in [0.2, 0.25) is 0 Å². The molecule has 1 fully saturated rings. The predicted molar refractivity (Wildman–Crippen MR) is 80.8 cm³/mol. The molecular weight excluding hydrogens is 234 g/mol. The van der Waals surface area contributed by atoms with Gasteiger partial charge in [-0.25, -0.2) is 0 Å². The molecule has 1 aliphatic carbocycles. The summed E-state index contributed by atoms with van der Waals surface area (Å²) in [7, 11) is 1.75. The molecule has 19 heavy (non-hydrogen) atoms. The van der Waals surface area contributed by atoms with Crippen LogP contribution in [0, 0.1) is 19.8 Å². The predicted octanol–water partition coefficient (Wildman–Crippen LogP) is 4.15. The van der Waals surface area contributed by atoms with Crippen molar-refractivity contribution in [1.29, 1.82) is 0 Å². The van der Waals surface area contributed by atoms with Crippen molar-refractivity contribution in [2.75, 3.05) is 13.7 Å². The molecule has 0 spiro atoms. The standard InChI is InChI=1S/C17H27NO/c1-5-8-18-16(11-14-6-7-14)15-9-13(3)17(19-4)10-12(15)2/h9-10,14,16,18H,5-8,11H2,1-4H3. The smallest absolute Gasteiger partial charge is 0.122 e. The molecule has 0 bridgehead atoms. The summed E-state index contributed by atoms with van der Waals surface area (Å²) in [6, 6.07) is 5.00. The average molecular weight is 261 g/mol. The van der Waals surface area contributed by atoms with E-state index in [9.17, 15) is 0 Å². The summed E-state index contributed by atoms with van der Waals surface area (Å²) in [6.45, 7) is 7.66. The average Bonchev–Trinajstić information content (AvgIpc) is 3.21. The van der Waals surface area contributed by atoms with Gasteiger partial charge in [0.15, 0.2) is 0 Å². The second-order valence-electron chi connectivity index (χ2n) is 5.86. The van der Waals surface area contributed by atoms with E-state index >= 15 is 0 Å². The van der Waals surface area contributed by atoms with E-state index < -0.39 is 0 Å². The van der Waals surface area contributed by atoms with E-state index in [0.29, 0.717) is 6.04 Å². The molecule has 1 N–H and O–H groups in total. The molecule has 0 amide bonds. The van der Waals surface area contributed by atoms with E-state index in [1.165, 1.54) is 42.4 Å². The molecule has 106 valence electrons. The van der Waals surface area contributed by atoms with Gasteiger partial charge < -0.3 is 10.1 Å². The van der Waals surface area contributed by atoms with Crippen LogP contribution in [0.4, 0.5) is 0 Å². The summed E-state index contributed by atoms with van der Waals surface area (Å²) in [6.07, 6.45) is 5.30. The summed E-state index contributed by atoms with van der Waals surface area (Å²) in [4.78, 5) is 0. The topological polar surface area (TPSA) is 21.3 Å². The normalized spacial score (nSPS) is 16.4. The molecule has 2 rings (SSSR count). The molecule has 0 saturated heterocycles. The van der Waals surface area contributed by atoms with Crippen LogP contribution >= 0.6 is 0 Å². The van der Waals surface area contributed by atoms with Crippen LogP contribution in [-0.2, 0) is 0 Å². The van der Waals surface area contributed by atoms with Gasteiger partial charge >= 0.3 is 0 Å². The van der Waals surface area contributed by atoms with Crippen molar-refractivity contribution < 1.29 is 4.74 Å². The first-order chi connectivity index (χ1) is 9.15. The number of rotatable bonds is 7. The van der Waals surface area contributed by atoms with Crippen molar-refractivity contribution in [3.63, 3.8) is 0 Å². The second kappa shape index (κ2) is 6.42. The number of nitrogens with one attached hydrogen (secondary N) is 1. The summed E-state index contributed by atoms with van der Waals surface area (Å²) in [5.41, 5.74) is 4.04. The lowest BCUT2D eigenvalue weighted by Crippen LogP contribution is -2.23. The van der Waals surface area contributed by atoms with Gasteiger partial charge in [0, 0.05) is 6.04 Å². The fourth-order valence-corrected chi connectivity index (χ4v) is 2.73. The Kier molecular flexibility index (Phi) is 4.87. The zero-order chi connectivity index (χ0) is 13.8. The molecule has 1 aliphatic rings. The van der Waals surface area contributed by atoms with Crippen molar-refractivity contribution in [2.24, 2.45) is 5.92 Å². The van der Waals surface area contributed by atoms with Crippen LogP contribution in [0.15, 0.2) is 12.1 Å². The van der Waals surface area contributed by atoms with E-state index in [4.69, 9.17) is 4.74 Å². The van der Waals surface area contributed by atoms with Crippen molar-refractivity contribution in [1.82, 2.24) is 5.32 Å². The third-order valence-corrected chi connectivity index (χ3v) is 4.07. The molecule has 1 aromatic rings. The number of hydrogen-bond acceptors (Lipinski definition) is 2. The molecule has 0 aromatic heterocycles. The summed E-state index contributed by atoms with van der Waals surface area (Å²) in [5, 5.41) is 3.72. The Morgan fingerprint density at radius 3 is 2.58 bits per heavy atom. The van der Waals surface area contributed by atoms with Gasteiger partial charge in [-0.1, -0.05) is 25.8 Å². The molecule has 1 saturated carbocycles. The lowest BCUT2D eigenvalue weighted by atomic mass is 9.94. The molecule has 0 heterocycles. The van der Waals surface area contributed by atoms with Gasteiger partial charge in [-0.05, 0) is 61.9 Å². The SMILES string of the molecule is CCCNC(CC1CC1)c1cc(C)c(OC)cc1C. The number of methoxy groups -OCH3 is 1. The van der Waals surface area contributed by atoms with Gasteiger partial charge in [-0.3, -0.25) is 0 Å². The summed E-state index contributed by atoms with van der Waals surface area (Å²) >= 11 is 0. The highest BCUT2D eigenvalue weighted by atomic mass is 16.5. The Morgan fingerprint density at radius 1 is 1.26 bits per heavy atom. The Labute approximate surface area is 117 Å². The van der Waals surface area contributed by atoms with E-state index in [2.05, 4.69) is 38.2 Å². The largest absolute Gasteiger partial charge is 0.496 e. The highest BCUT2D eigenvalue weighted by molar-refractivity contribution is 5.43. The van der Waals surface area contributed by atoms with Crippen LogP contribution in [0.3, 0.4) is 0 Å². The first kappa shape index (κ1) is 14.4.